The third-order valence-corrected chi connectivity index (χ3v) is 9.49. The van der Waals surface area contributed by atoms with Crippen molar-refractivity contribution in [2.75, 3.05) is 0 Å². The van der Waals surface area contributed by atoms with Crippen molar-refractivity contribution in [3.05, 3.63) is 194 Å². The predicted octanol–water partition coefficient (Wildman–Crippen LogP) is 12.5. The highest BCUT2D eigenvalue weighted by molar-refractivity contribution is 6.12. The van der Waals surface area contributed by atoms with E-state index in [4.69, 9.17) is 25.9 Å². The highest BCUT2D eigenvalue weighted by Gasteiger charge is 2.19. The molecule has 2 heterocycles. The van der Waals surface area contributed by atoms with Gasteiger partial charge in [-0.1, -0.05) is 170 Å². The number of nitrogens with zero attached hydrogens (tertiary/aromatic N) is 4. The molecule has 0 fully saturated rings. The lowest BCUT2D eigenvalue weighted by molar-refractivity contribution is 1.08. The average molecular weight is 686 g/mol. The van der Waals surface area contributed by atoms with Crippen molar-refractivity contribution in [1.82, 2.24) is 19.5 Å². The van der Waals surface area contributed by atoms with Gasteiger partial charge in [-0.15, -0.1) is 0 Å². The zero-order chi connectivity index (χ0) is 43.0. The minimum absolute atomic E-state index is 0.00373. The molecule has 0 radical (unpaired) electrons. The summed E-state index contributed by atoms with van der Waals surface area (Å²) in [4.78, 5) is 15.0. The fourth-order valence-corrected chi connectivity index (χ4v) is 6.97. The molecular weight excluding hydrogens is 645 g/mol. The number of para-hydroxylation sites is 1. The van der Waals surface area contributed by atoms with E-state index in [2.05, 4.69) is 12.1 Å². The van der Waals surface area contributed by atoms with Gasteiger partial charge in [0.1, 0.15) is 0 Å². The second-order valence-corrected chi connectivity index (χ2v) is 12.6. The van der Waals surface area contributed by atoms with E-state index in [1.54, 1.807) is 22.8 Å². The molecule has 0 bridgehead atoms. The first kappa shape index (κ1) is 22.6. The van der Waals surface area contributed by atoms with E-state index in [1.165, 1.54) is 0 Å². The molecule has 8 aromatic carbocycles. The Hall–Kier alpha value is -7.17. The summed E-state index contributed by atoms with van der Waals surface area (Å²) in [5.74, 6) is 1.40. The van der Waals surface area contributed by atoms with Crippen LogP contribution in [0, 0.1) is 0 Å². The summed E-state index contributed by atoms with van der Waals surface area (Å²) >= 11 is 0. The lowest BCUT2D eigenvalue weighted by Gasteiger charge is -2.15. The van der Waals surface area contributed by atoms with E-state index in [9.17, 15) is 1.37 Å². The SMILES string of the molecule is [2H]c1c([2H])c([2H])c(-c2ccc3c4c([2H])c([2H])c([2H])c([2H])c4n(-c4ccc(-c5nc(-c6ccccc6)nc(-c6ccc(-c7ccccc7)cc6)n5)c5ccccc45)c3c2)c([2H])c1[2H]. The zero-order valence-corrected chi connectivity index (χ0v) is 28.1. The van der Waals surface area contributed by atoms with Crippen molar-refractivity contribution < 1.29 is 12.3 Å². The zero-order valence-electron chi connectivity index (χ0n) is 37.1. The molecule has 4 nitrogen and oxygen atoms in total. The fourth-order valence-electron chi connectivity index (χ4n) is 6.97. The van der Waals surface area contributed by atoms with Crippen LogP contribution in [0.25, 0.3) is 94.7 Å². The maximum absolute atomic E-state index is 9.20. The summed E-state index contributed by atoms with van der Waals surface area (Å²) in [5, 5.41) is 2.28. The van der Waals surface area contributed by atoms with E-state index in [1.807, 2.05) is 109 Å². The summed E-state index contributed by atoms with van der Waals surface area (Å²) in [7, 11) is 0. The molecule has 0 saturated heterocycles. The Labute approximate surface area is 320 Å². The monoisotopic (exact) mass is 685 g/mol. The minimum Gasteiger partial charge on any atom is -0.309 e. The van der Waals surface area contributed by atoms with E-state index in [0.717, 1.165) is 33.0 Å². The molecule has 0 amide bonds. The third kappa shape index (κ3) is 5.45. The van der Waals surface area contributed by atoms with Gasteiger partial charge >= 0.3 is 0 Å². The van der Waals surface area contributed by atoms with Crippen LogP contribution < -0.4 is 0 Å². The van der Waals surface area contributed by atoms with Gasteiger partial charge < -0.3 is 4.57 Å². The lowest BCUT2D eigenvalue weighted by Crippen LogP contribution is -2.02. The Bertz CT molecular complexity index is 3420. The van der Waals surface area contributed by atoms with Gasteiger partial charge in [-0.3, -0.25) is 0 Å². The molecule has 0 N–H and O–H groups in total. The fraction of sp³-hybridized carbons (Fsp3) is 0. The second kappa shape index (κ2) is 12.9. The van der Waals surface area contributed by atoms with Crippen LogP contribution in [0.5, 0.6) is 0 Å². The van der Waals surface area contributed by atoms with E-state index >= 15 is 0 Å². The number of aromatic nitrogens is 4. The van der Waals surface area contributed by atoms with Gasteiger partial charge in [0.25, 0.3) is 0 Å². The third-order valence-electron chi connectivity index (χ3n) is 9.49. The molecule has 0 unspecified atom stereocenters. The molecule has 10 aromatic rings. The highest BCUT2D eigenvalue weighted by Crippen LogP contribution is 2.39. The molecule has 10 rings (SSSR count). The van der Waals surface area contributed by atoms with Crippen molar-refractivity contribution >= 4 is 32.6 Å². The number of hydrogen-bond acceptors (Lipinski definition) is 3. The van der Waals surface area contributed by atoms with Gasteiger partial charge in [-0.05, 0) is 51.9 Å². The Morgan fingerprint density at radius 1 is 0.358 bits per heavy atom. The summed E-state index contributed by atoms with van der Waals surface area (Å²) in [6.45, 7) is 0. The molecule has 248 valence electrons. The normalized spacial score (nSPS) is 13.8. The molecule has 0 atom stereocenters. The van der Waals surface area contributed by atoms with Crippen molar-refractivity contribution in [2.45, 2.75) is 0 Å². The predicted molar refractivity (Wildman–Crippen MR) is 219 cm³/mol. The number of rotatable bonds is 6. The molecular formula is C49H32N4. The molecule has 2 aromatic heterocycles. The van der Waals surface area contributed by atoms with Gasteiger partial charge in [0.15, 0.2) is 17.5 Å². The second-order valence-electron chi connectivity index (χ2n) is 12.6. The topological polar surface area (TPSA) is 43.6 Å². The standard InChI is InChI=1S/C49H32N4/c1-4-14-33(15-5-1)35-24-26-37(27-25-35)48-50-47(36-18-8-3-9-19-36)51-49(52-48)43-30-31-45(40-21-11-10-20-39(40)43)53-44-23-13-12-22-41(44)42-29-28-38(32-46(42)53)34-16-6-2-7-17-34/h1-32H/i2D,6D,7D,12D,13D,16D,17D,22D,23D. The largest absolute Gasteiger partial charge is 0.309 e. The van der Waals surface area contributed by atoms with E-state index in [-0.39, 0.29) is 41.3 Å². The van der Waals surface area contributed by atoms with Crippen molar-refractivity contribution in [3.63, 3.8) is 0 Å². The van der Waals surface area contributed by atoms with E-state index in [0.29, 0.717) is 50.6 Å². The average Bonchev–Trinajstić information content (AvgIpc) is 3.66. The molecule has 53 heavy (non-hydrogen) atoms. The Kier molecular flexibility index (Phi) is 5.49. The van der Waals surface area contributed by atoms with Crippen LogP contribution in [0.15, 0.2) is 194 Å². The van der Waals surface area contributed by atoms with Gasteiger partial charge in [0, 0.05) is 32.8 Å². The highest BCUT2D eigenvalue weighted by atomic mass is 15.0. The maximum atomic E-state index is 9.20. The molecule has 0 aliphatic heterocycles. The lowest BCUT2D eigenvalue weighted by atomic mass is 10.0. The maximum Gasteiger partial charge on any atom is 0.164 e. The summed E-state index contributed by atoms with van der Waals surface area (Å²) in [6.07, 6.45) is 0. The van der Waals surface area contributed by atoms with Crippen LogP contribution in [-0.4, -0.2) is 19.5 Å². The summed E-state index contributed by atoms with van der Waals surface area (Å²) < 4.78 is 79.6. The Balaban J connectivity index is 1.22. The molecule has 0 spiro atoms. The minimum atomic E-state index is -0.503. The first-order valence-corrected chi connectivity index (χ1v) is 17.1. The van der Waals surface area contributed by atoms with Crippen LogP contribution in [-0.2, 0) is 0 Å². The Morgan fingerprint density at radius 3 is 1.68 bits per heavy atom. The van der Waals surface area contributed by atoms with Crippen molar-refractivity contribution in [3.8, 4) is 62.1 Å². The van der Waals surface area contributed by atoms with Crippen LogP contribution in [0.1, 0.15) is 12.3 Å². The molecule has 0 aliphatic rings. The van der Waals surface area contributed by atoms with Crippen LogP contribution in [0.3, 0.4) is 0 Å². The number of fused-ring (bicyclic) bond motifs is 4. The van der Waals surface area contributed by atoms with Gasteiger partial charge in [-0.25, -0.2) is 15.0 Å². The molecule has 0 aliphatic carbocycles. The summed E-state index contributed by atoms with van der Waals surface area (Å²) in [5.41, 5.74) is 6.09. The van der Waals surface area contributed by atoms with Gasteiger partial charge in [0.05, 0.1) is 29.1 Å². The molecule has 4 heteroatoms. The first-order chi connectivity index (χ1) is 30.0. The van der Waals surface area contributed by atoms with Crippen LogP contribution >= 0.6 is 0 Å². The van der Waals surface area contributed by atoms with Crippen LogP contribution in [0.2, 0.25) is 0 Å². The number of hydrogen-bond donors (Lipinski definition) is 0. The Morgan fingerprint density at radius 2 is 0.925 bits per heavy atom. The van der Waals surface area contributed by atoms with Crippen molar-refractivity contribution in [2.24, 2.45) is 0 Å². The van der Waals surface area contributed by atoms with Crippen LogP contribution in [0.4, 0.5) is 0 Å². The van der Waals surface area contributed by atoms with Crippen molar-refractivity contribution in [1.29, 1.82) is 0 Å². The van der Waals surface area contributed by atoms with Gasteiger partial charge in [-0.2, -0.15) is 0 Å². The first-order valence-electron chi connectivity index (χ1n) is 21.6. The smallest absolute Gasteiger partial charge is 0.164 e. The molecule has 0 saturated carbocycles. The van der Waals surface area contributed by atoms with E-state index < -0.39 is 24.2 Å². The van der Waals surface area contributed by atoms with Gasteiger partial charge in [0.2, 0.25) is 0 Å². The quantitative estimate of drug-likeness (QED) is 0.175. The summed E-state index contributed by atoms with van der Waals surface area (Å²) in [6, 6.07) is 40.9. The number of benzene rings is 8.